The molecule has 0 aliphatic rings. The fourth-order valence-corrected chi connectivity index (χ4v) is 4.01. The van der Waals surface area contributed by atoms with E-state index in [0.29, 0.717) is 12.4 Å². The standard InChI is InChI=1S/C27H27BrN4O2/c1-5-34-22-13-11-21(12-14-22)32-26(19-8-6-18(4)7-9-19)30-25(31-32)27(33)29-24-15-10-20(28)16-23(24)17(2)3/h6-17H,5H2,1-4H3,(H,29,33). The van der Waals surface area contributed by atoms with Crippen LogP contribution in [-0.4, -0.2) is 27.3 Å². The van der Waals surface area contributed by atoms with Gasteiger partial charge in [-0.25, -0.2) is 9.67 Å². The van der Waals surface area contributed by atoms with Crippen molar-refractivity contribution in [3.8, 4) is 22.8 Å². The van der Waals surface area contributed by atoms with Crippen molar-refractivity contribution in [2.45, 2.75) is 33.6 Å². The average Bonchev–Trinajstić information content (AvgIpc) is 3.27. The molecule has 4 rings (SSSR count). The minimum absolute atomic E-state index is 0.0992. The zero-order chi connectivity index (χ0) is 24.2. The summed E-state index contributed by atoms with van der Waals surface area (Å²) in [7, 11) is 0. The van der Waals surface area contributed by atoms with Gasteiger partial charge in [-0.1, -0.05) is 59.6 Å². The molecule has 0 saturated heterocycles. The number of anilines is 1. The number of rotatable bonds is 7. The van der Waals surface area contributed by atoms with Crippen molar-refractivity contribution in [3.05, 3.63) is 88.2 Å². The van der Waals surface area contributed by atoms with Gasteiger partial charge in [-0.2, -0.15) is 0 Å². The number of carbonyl (C=O) groups excluding carboxylic acids is 1. The fourth-order valence-electron chi connectivity index (χ4n) is 3.63. The third-order valence-corrected chi connectivity index (χ3v) is 5.89. The van der Waals surface area contributed by atoms with Crippen LogP contribution in [-0.2, 0) is 0 Å². The Hall–Kier alpha value is -3.45. The summed E-state index contributed by atoms with van der Waals surface area (Å²) in [5.41, 5.74) is 4.59. The van der Waals surface area contributed by atoms with Crippen LogP contribution in [0.3, 0.4) is 0 Å². The van der Waals surface area contributed by atoms with Crippen LogP contribution in [0, 0.1) is 6.92 Å². The van der Waals surface area contributed by atoms with Crippen LogP contribution < -0.4 is 10.1 Å². The summed E-state index contributed by atoms with van der Waals surface area (Å²) >= 11 is 3.51. The first-order valence-corrected chi connectivity index (χ1v) is 12.0. The van der Waals surface area contributed by atoms with Crippen LogP contribution in [0.15, 0.2) is 71.2 Å². The molecule has 0 unspecified atom stereocenters. The van der Waals surface area contributed by atoms with Gasteiger partial charge in [-0.15, -0.1) is 5.10 Å². The Kier molecular flexibility index (Phi) is 7.12. The summed E-state index contributed by atoms with van der Waals surface area (Å²) in [6.45, 7) is 8.75. The number of amides is 1. The van der Waals surface area contributed by atoms with Crippen LogP contribution in [0.4, 0.5) is 5.69 Å². The summed E-state index contributed by atoms with van der Waals surface area (Å²) < 4.78 is 8.22. The van der Waals surface area contributed by atoms with Crippen LogP contribution in [0.5, 0.6) is 5.75 Å². The number of benzene rings is 3. The van der Waals surface area contributed by atoms with Gasteiger partial charge >= 0.3 is 0 Å². The van der Waals surface area contributed by atoms with Crippen molar-refractivity contribution in [2.24, 2.45) is 0 Å². The lowest BCUT2D eigenvalue weighted by molar-refractivity contribution is 0.101. The lowest BCUT2D eigenvalue weighted by atomic mass is 10.0. The number of halogens is 1. The van der Waals surface area contributed by atoms with Crippen LogP contribution in [0.2, 0.25) is 0 Å². The van der Waals surface area contributed by atoms with E-state index in [1.54, 1.807) is 4.68 Å². The van der Waals surface area contributed by atoms with E-state index < -0.39 is 0 Å². The van der Waals surface area contributed by atoms with E-state index in [-0.39, 0.29) is 17.6 Å². The molecule has 0 radical (unpaired) electrons. The molecule has 1 aromatic heterocycles. The molecule has 0 saturated carbocycles. The van der Waals surface area contributed by atoms with E-state index in [1.807, 2.05) is 80.6 Å². The first-order valence-electron chi connectivity index (χ1n) is 11.2. The molecule has 7 heteroatoms. The van der Waals surface area contributed by atoms with Gasteiger partial charge in [0.2, 0.25) is 5.82 Å². The Morgan fingerprint density at radius 3 is 2.41 bits per heavy atom. The van der Waals surface area contributed by atoms with Crippen molar-refractivity contribution in [1.29, 1.82) is 0 Å². The minimum atomic E-state index is -0.359. The van der Waals surface area contributed by atoms with Crippen molar-refractivity contribution in [2.75, 3.05) is 11.9 Å². The number of aromatic nitrogens is 3. The lowest BCUT2D eigenvalue weighted by Gasteiger charge is -2.13. The molecule has 4 aromatic rings. The maximum atomic E-state index is 13.2. The summed E-state index contributed by atoms with van der Waals surface area (Å²) in [6.07, 6.45) is 0. The maximum Gasteiger partial charge on any atom is 0.295 e. The number of nitrogens with zero attached hydrogens (tertiary/aromatic N) is 3. The molecule has 0 spiro atoms. The average molecular weight is 519 g/mol. The number of hydrogen-bond donors (Lipinski definition) is 1. The van der Waals surface area contributed by atoms with Gasteiger partial charge in [0.05, 0.1) is 12.3 Å². The number of nitrogens with one attached hydrogen (secondary N) is 1. The summed E-state index contributed by atoms with van der Waals surface area (Å²) in [5.74, 6) is 1.35. The SMILES string of the molecule is CCOc1ccc(-n2nc(C(=O)Nc3ccc(Br)cc3C(C)C)nc2-c2ccc(C)cc2)cc1. The second-order valence-corrected chi connectivity index (χ2v) is 9.22. The van der Waals surface area contributed by atoms with Gasteiger partial charge in [-0.05, 0) is 67.8 Å². The van der Waals surface area contributed by atoms with Gasteiger partial charge < -0.3 is 10.1 Å². The number of carbonyl (C=O) groups is 1. The highest BCUT2D eigenvalue weighted by Crippen LogP contribution is 2.29. The largest absolute Gasteiger partial charge is 0.494 e. The highest BCUT2D eigenvalue weighted by molar-refractivity contribution is 9.10. The number of aryl methyl sites for hydroxylation is 1. The van der Waals surface area contributed by atoms with Gasteiger partial charge in [-0.3, -0.25) is 4.79 Å². The zero-order valence-electron chi connectivity index (χ0n) is 19.7. The van der Waals surface area contributed by atoms with Crippen LogP contribution in [0.25, 0.3) is 17.1 Å². The van der Waals surface area contributed by atoms with Crippen molar-refractivity contribution < 1.29 is 9.53 Å². The van der Waals surface area contributed by atoms with E-state index >= 15 is 0 Å². The molecule has 34 heavy (non-hydrogen) atoms. The quantitative estimate of drug-likeness (QED) is 0.292. The normalized spacial score (nSPS) is 11.0. The first-order chi connectivity index (χ1) is 16.4. The molecule has 1 amide bonds. The highest BCUT2D eigenvalue weighted by atomic mass is 79.9. The first kappa shape index (κ1) is 23.7. The second-order valence-electron chi connectivity index (χ2n) is 8.30. The van der Waals surface area contributed by atoms with E-state index in [9.17, 15) is 4.79 Å². The topological polar surface area (TPSA) is 69.0 Å². The number of ether oxygens (including phenoxy) is 1. The predicted molar refractivity (Wildman–Crippen MR) is 139 cm³/mol. The van der Waals surface area contributed by atoms with Gasteiger partial charge in [0.15, 0.2) is 5.82 Å². The van der Waals surface area contributed by atoms with Gasteiger partial charge in [0, 0.05) is 15.7 Å². The van der Waals surface area contributed by atoms with Gasteiger partial charge in [0.25, 0.3) is 5.91 Å². The third kappa shape index (κ3) is 5.20. The zero-order valence-corrected chi connectivity index (χ0v) is 21.3. The van der Waals surface area contributed by atoms with E-state index in [1.165, 1.54) is 0 Å². The smallest absolute Gasteiger partial charge is 0.295 e. The Balaban J connectivity index is 1.73. The van der Waals surface area contributed by atoms with E-state index in [2.05, 4.69) is 45.2 Å². The van der Waals surface area contributed by atoms with Crippen LogP contribution in [0.1, 0.15) is 48.4 Å². The second kappa shape index (κ2) is 10.2. The molecule has 0 fully saturated rings. The van der Waals surface area contributed by atoms with Crippen molar-refractivity contribution in [1.82, 2.24) is 14.8 Å². The Morgan fingerprint density at radius 2 is 1.76 bits per heavy atom. The molecule has 174 valence electrons. The van der Waals surface area contributed by atoms with Crippen LogP contribution >= 0.6 is 15.9 Å². The predicted octanol–water partition coefficient (Wildman–Crippen LogP) is 6.78. The summed E-state index contributed by atoms with van der Waals surface area (Å²) in [5, 5.41) is 7.58. The minimum Gasteiger partial charge on any atom is -0.494 e. The highest BCUT2D eigenvalue weighted by Gasteiger charge is 2.20. The molecule has 0 atom stereocenters. The molecular formula is C27H27BrN4O2. The van der Waals surface area contributed by atoms with Crippen molar-refractivity contribution >= 4 is 27.5 Å². The third-order valence-electron chi connectivity index (χ3n) is 5.40. The van der Waals surface area contributed by atoms with Gasteiger partial charge in [0.1, 0.15) is 5.75 Å². The Morgan fingerprint density at radius 1 is 1.06 bits per heavy atom. The molecular weight excluding hydrogens is 492 g/mol. The molecule has 6 nitrogen and oxygen atoms in total. The monoisotopic (exact) mass is 518 g/mol. The lowest BCUT2D eigenvalue weighted by Crippen LogP contribution is -2.16. The molecule has 1 N–H and O–H groups in total. The molecule has 0 bridgehead atoms. The number of hydrogen-bond acceptors (Lipinski definition) is 4. The Labute approximate surface area is 208 Å². The molecule has 1 heterocycles. The van der Waals surface area contributed by atoms with E-state index in [0.717, 1.165) is 38.3 Å². The summed E-state index contributed by atoms with van der Waals surface area (Å²) in [6, 6.07) is 21.4. The van der Waals surface area contributed by atoms with Crippen molar-refractivity contribution in [3.63, 3.8) is 0 Å². The van der Waals surface area contributed by atoms with E-state index in [4.69, 9.17) is 4.74 Å². The Bertz CT molecular complexity index is 1300. The fraction of sp³-hybridized carbons (Fsp3) is 0.222. The summed E-state index contributed by atoms with van der Waals surface area (Å²) in [4.78, 5) is 17.8. The molecule has 0 aliphatic heterocycles. The molecule has 3 aromatic carbocycles. The molecule has 0 aliphatic carbocycles. The maximum absolute atomic E-state index is 13.2.